The molecule has 0 amide bonds. The first-order valence-electron chi connectivity index (χ1n) is 7.68. The van der Waals surface area contributed by atoms with E-state index >= 15 is 0 Å². The molecule has 1 spiro atoms. The second-order valence-corrected chi connectivity index (χ2v) is 7.23. The lowest BCUT2D eigenvalue weighted by Gasteiger charge is -2.57. The van der Waals surface area contributed by atoms with E-state index in [1.807, 2.05) is 6.92 Å². The predicted octanol–water partition coefficient (Wildman–Crippen LogP) is 2.26. The maximum absolute atomic E-state index is 10.1. The van der Waals surface area contributed by atoms with Crippen molar-refractivity contribution in [3.8, 4) is 0 Å². The third kappa shape index (κ3) is 1.44. The Labute approximate surface area is 114 Å². The Bertz CT molecular complexity index is 400. The van der Waals surface area contributed by atoms with Crippen LogP contribution in [0, 0.1) is 23.7 Å². The topological polar surface area (TPSA) is 47.9 Å². The van der Waals surface area contributed by atoms with Gasteiger partial charge in [0.1, 0.15) is 5.60 Å². The van der Waals surface area contributed by atoms with Crippen LogP contribution in [0.5, 0.6) is 0 Å². The molecule has 1 saturated carbocycles. The average molecular weight is 268 g/mol. The molecule has 8 atom stereocenters. The molecule has 0 aromatic rings. The molecule has 108 valence electrons. The third-order valence-electron chi connectivity index (χ3n) is 6.15. The highest BCUT2D eigenvalue weighted by atomic mass is 16.9. The predicted molar refractivity (Wildman–Crippen MR) is 68.0 cm³/mol. The number of fused-ring (bicyclic) bond motifs is 1. The average Bonchev–Trinajstić information content (AvgIpc) is 2.56. The van der Waals surface area contributed by atoms with Gasteiger partial charge in [-0.2, -0.15) is 0 Å². The van der Waals surface area contributed by atoms with E-state index in [1.54, 1.807) is 0 Å². The van der Waals surface area contributed by atoms with E-state index in [1.165, 1.54) is 6.42 Å². The molecule has 1 N–H and O–H groups in total. The van der Waals surface area contributed by atoms with Crippen LogP contribution in [0.4, 0.5) is 0 Å². The fourth-order valence-corrected chi connectivity index (χ4v) is 5.15. The Hall–Kier alpha value is -0.160. The molecule has 3 saturated heterocycles. The molecule has 4 heteroatoms. The lowest BCUT2D eigenvalue weighted by molar-refractivity contribution is -0.326. The summed E-state index contributed by atoms with van der Waals surface area (Å²) >= 11 is 0. The van der Waals surface area contributed by atoms with E-state index in [9.17, 15) is 5.11 Å². The molecule has 1 aliphatic carbocycles. The van der Waals surface area contributed by atoms with Crippen molar-refractivity contribution in [2.75, 3.05) is 0 Å². The van der Waals surface area contributed by atoms with E-state index in [-0.39, 0.29) is 17.8 Å². The standard InChI is InChI=1S/C15H24O4/c1-8-4-5-11-9(2)12(16)17-13-15(11)10(8)6-7-14(3,18-13)19-15/h8-13,16H,4-7H2,1-3H3/t8-,9-,10+,11+,12?,13-,14+,15-/m1/s1. The second kappa shape index (κ2) is 3.73. The molecule has 4 fully saturated rings. The van der Waals surface area contributed by atoms with Crippen LogP contribution in [0.3, 0.4) is 0 Å². The summed E-state index contributed by atoms with van der Waals surface area (Å²) < 4.78 is 18.3. The maximum Gasteiger partial charge on any atom is 0.193 e. The lowest BCUT2D eigenvalue weighted by atomic mass is 9.57. The molecule has 0 radical (unpaired) electrons. The van der Waals surface area contributed by atoms with Crippen molar-refractivity contribution in [1.82, 2.24) is 0 Å². The van der Waals surface area contributed by atoms with E-state index in [0.717, 1.165) is 19.3 Å². The van der Waals surface area contributed by atoms with Crippen molar-refractivity contribution < 1.29 is 19.3 Å². The highest BCUT2D eigenvalue weighted by molar-refractivity contribution is 5.12. The Balaban J connectivity index is 1.81. The summed E-state index contributed by atoms with van der Waals surface area (Å²) in [7, 11) is 0. The molecule has 0 aromatic carbocycles. The first-order chi connectivity index (χ1) is 8.96. The van der Waals surface area contributed by atoms with E-state index in [2.05, 4.69) is 13.8 Å². The number of hydrogen-bond donors (Lipinski definition) is 1. The van der Waals surface area contributed by atoms with Gasteiger partial charge in [-0.05, 0) is 38.0 Å². The van der Waals surface area contributed by atoms with Crippen molar-refractivity contribution in [2.45, 2.75) is 70.4 Å². The summed E-state index contributed by atoms with van der Waals surface area (Å²) in [6.45, 7) is 6.43. The molecule has 2 bridgehead atoms. The Morgan fingerprint density at radius 1 is 1.11 bits per heavy atom. The van der Waals surface area contributed by atoms with Crippen LogP contribution < -0.4 is 0 Å². The van der Waals surface area contributed by atoms with Gasteiger partial charge in [-0.3, -0.25) is 0 Å². The Kier molecular flexibility index (Phi) is 2.47. The van der Waals surface area contributed by atoms with E-state index in [4.69, 9.17) is 14.2 Å². The van der Waals surface area contributed by atoms with Crippen LogP contribution in [0.15, 0.2) is 0 Å². The molecule has 0 aromatic heterocycles. The monoisotopic (exact) mass is 268 g/mol. The largest absolute Gasteiger partial charge is 0.368 e. The van der Waals surface area contributed by atoms with Crippen molar-refractivity contribution in [3.05, 3.63) is 0 Å². The van der Waals surface area contributed by atoms with Crippen molar-refractivity contribution in [3.63, 3.8) is 0 Å². The van der Waals surface area contributed by atoms with Gasteiger partial charge >= 0.3 is 0 Å². The Morgan fingerprint density at radius 2 is 1.89 bits per heavy atom. The molecule has 4 rings (SSSR count). The van der Waals surface area contributed by atoms with E-state index < -0.39 is 12.1 Å². The third-order valence-corrected chi connectivity index (χ3v) is 6.15. The second-order valence-electron chi connectivity index (χ2n) is 7.23. The molecular weight excluding hydrogens is 244 g/mol. The molecule has 4 aliphatic rings. The normalized spacial score (nSPS) is 63.8. The van der Waals surface area contributed by atoms with Gasteiger partial charge in [0.05, 0.1) is 0 Å². The summed E-state index contributed by atoms with van der Waals surface area (Å²) in [5.74, 6) is 1.11. The minimum absolute atomic E-state index is 0.121. The van der Waals surface area contributed by atoms with Gasteiger partial charge in [0, 0.05) is 18.3 Å². The van der Waals surface area contributed by atoms with Gasteiger partial charge in [-0.25, -0.2) is 0 Å². The quantitative estimate of drug-likeness (QED) is 0.732. The van der Waals surface area contributed by atoms with Crippen LogP contribution in [-0.2, 0) is 14.2 Å². The van der Waals surface area contributed by atoms with E-state index in [0.29, 0.717) is 17.8 Å². The van der Waals surface area contributed by atoms with Gasteiger partial charge < -0.3 is 19.3 Å². The molecule has 1 unspecified atom stereocenters. The highest BCUT2D eigenvalue weighted by Gasteiger charge is 2.71. The van der Waals surface area contributed by atoms with Crippen molar-refractivity contribution in [1.29, 1.82) is 0 Å². The minimum atomic E-state index is -0.721. The summed E-state index contributed by atoms with van der Waals surface area (Å²) in [5, 5.41) is 10.1. The van der Waals surface area contributed by atoms with Gasteiger partial charge in [-0.1, -0.05) is 13.8 Å². The molecule has 3 aliphatic heterocycles. The number of rotatable bonds is 0. The smallest absolute Gasteiger partial charge is 0.193 e. The summed E-state index contributed by atoms with van der Waals surface area (Å²) in [6.07, 6.45) is 3.30. The fraction of sp³-hybridized carbons (Fsp3) is 1.00. The van der Waals surface area contributed by atoms with Gasteiger partial charge in [0.15, 0.2) is 18.4 Å². The maximum atomic E-state index is 10.1. The number of hydrogen-bond acceptors (Lipinski definition) is 4. The van der Waals surface area contributed by atoms with Crippen LogP contribution in [0.2, 0.25) is 0 Å². The summed E-state index contributed by atoms with van der Waals surface area (Å²) in [4.78, 5) is 0. The van der Waals surface area contributed by atoms with Crippen LogP contribution >= 0.6 is 0 Å². The van der Waals surface area contributed by atoms with Gasteiger partial charge in [0.2, 0.25) is 0 Å². The molecule has 3 heterocycles. The highest BCUT2D eigenvalue weighted by Crippen LogP contribution is 2.63. The fourth-order valence-electron chi connectivity index (χ4n) is 5.15. The Morgan fingerprint density at radius 3 is 2.68 bits per heavy atom. The molecular formula is C15H24O4. The number of aliphatic hydroxyl groups is 1. The summed E-state index contributed by atoms with van der Waals surface area (Å²) in [6, 6.07) is 0. The van der Waals surface area contributed by atoms with Gasteiger partial charge in [-0.15, -0.1) is 0 Å². The molecule has 4 nitrogen and oxygen atoms in total. The van der Waals surface area contributed by atoms with Crippen LogP contribution in [-0.4, -0.2) is 29.1 Å². The van der Waals surface area contributed by atoms with Crippen LogP contribution in [0.1, 0.15) is 46.5 Å². The zero-order valence-corrected chi connectivity index (χ0v) is 12.0. The zero-order valence-electron chi connectivity index (χ0n) is 12.0. The first-order valence-corrected chi connectivity index (χ1v) is 7.68. The SMILES string of the molecule is C[C@@H]1CC[C@H]2[C@@H](C)C(O)O[C@@H]3O[C@]4(C)CC[C@@H]1[C@]32O4. The minimum Gasteiger partial charge on any atom is -0.368 e. The lowest BCUT2D eigenvalue weighted by Crippen LogP contribution is -2.66. The van der Waals surface area contributed by atoms with Crippen molar-refractivity contribution >= 4 is 0 Å². The van der Waals surface area contributed by atoms with Gasteiger partial charge in [0.25, 0.3) is 0 Å². The first kappa shape index (κ1) is 12.6. The zero-order chi connectivity index (χ0) is 13.4. The number of ether oxygens (including phenoxy) is 3. The number of aliphatic hydroxyl groups excluding tert-OH is 1. The summed E-state index contributed by atoms with van der Waals surface area (Å²) in [5.41, 5.74) is -0.316. The van der Waals surface area contributed by atoms with Crippen LogP contribution in [0.25, 0.3) is 0 Å². The van der Waals surface area contributed by atoms with Crippen molar-refractivity contribution in [2.24, 2.45) is 23.7 Å². The molecule has 19 heavy (non-hydrogen) atoms.